The number of carbonyl (C=O) groups excluding carboxylic acids is 1. The molecule has 0 fully saturated rings. The quantitative estimate of drug-likeness (QED) is 0.508. The number of fused-ring (bicyclic) bond motifs is 1. The number of hydrogen-bond donors (Lipinski definition) is 1. The van der Waals surface area contributed by atoms with Crippen molar-refractivity contribution in [3.63, 3.8) is 0 Å². The van der Waals surface area contributed by atoms with Crippen molar-refractivity contribution in [3.8, 4) is 5.75 Å². The number of hydrogen-bond acceptors (Lipinski definition) is 5. The van der Waals surface area contributed by atoms with E-state index in [-0.39, 0.29) is 11.7 Å². The largest absolute Gasteiger partial charge is 0.497 e. The molecule has 0 spiro atoms. The Balaban J connectivity index is 1.53. The van der Waals surface area contributed by atoms with Crippen molar-refractivity contribution < 1.29 is 9.53 Å². The molecule has 1 amide bonds. The number of thioether (sulfide) groups is 1. The normalized spacial score (nSPS) is 12.8. The molecule has 1 aliphatic heterocycles. The van der Waals surface area contributed by atoms with Crippen molar-refractivity contribution in [1.82, 2.24) is 0 Å². The molecule has 1 N–H and O–H groups in total. The molecule has 1 heterocycles. The summed E-state index contributed by atoms with van der Waals surface area (Å²) in [5.74, 6) is 0.999. The van der Waals surface area contributed by atoms with Crippen LogP contribution in [0.25, 0.3) is 0 Å². The van der Waals surface area contributed by atoms with Crippen LogP contribution in [0.5, 0.6) is 5.75 Å². The second kappa shape index (κ2) is 9.83. The van der Waals surface area contributed by atoms with Crippen molar-refractivity contribution in [2.75, 3.05) is 18.2 Å². The van der Waals surface area contributed by atoms with Gasteiger partial charge in [0.1, 0.15) is 5.75 Å². The van der Waals surface area contributed by atoms with E-state index in [9.17, 15) is 4.79 Å². The number of carbonyl (C=O) groups is 1. The molecule has 1 aliphatic rings. The standard InChI is InChI=1S/C26H25N3O2S/c1-17-11-12-20(13-18(17)2)27-25(30)16-32-26-15-24(19-7-6-8-21(14-19)31-3)28-22-9-4-5-10-23(22)29-26/h4-14H,15-16H2,1-3H3,(H,27,30). The molecule has 162 valence electrons. The summed E-state index contributed by atoms with van der Waals surface area (Å²) < 4.78 is 5.38. The van der Waals surface area contributed by atoms with Crippen LogP contribution in [-0.2, 0) is 4.79 Å². The molecule has 0 aliphatic carbocycles. The van der Waals surface area contributed by atoms with Gasteiger partial charge in [0.15, 0.2) is 0 Å². The minimum absolute atomic E-state index is 0.0571. The molecular weight excluding hydrogens is 418 g/mol. The van der Waals surface area contributed by atoms with Gasteiger partial charge in [-0.1, -0.05) is 30.3 Å². The first-order chi connectivity index (χ1) is 15.5. The van der Waals surface area contributed by atoms with Gasteiger partial charge in [0, 0.05) is 17.7 Å². The third kappa shape index (κ3) is 5.26. The smallest absolute Gasteiger partial charge is 0.234 e. The fourth-order valence-corrected chi connectivity index (χ4v) is 4.14. The number of amides is 1. The average molecular weight is 444 g/mol. The maximum absolute atomic E-state index is 12.6. The lowest BCUT2D eigenvalue weighted by molar-refractivity contribution is -0.113. The molecule has 0 saturated carbocycles. The topological polar surface area (TPSA) is 63.1 Å². The number of aliphatic imine (C=N–C) groups is 2. The zero-order valence-electron chi connectivity index (χ0n) is 18.4. The lowest BCUT2D eigenvalue weighted by Gasteiger charge is -2.10. The van der Waals surface area contributed by atoms with Gasteiger partial charge in [-0.15, -0.1) is 11.8 Å². The first-order valence-corrected chi connectivity index (χ1v) is 11.4. The molecule has 5 nitrogen and oxygen atoms in total. The molecular formula is C26H25N3O2S. The van der Waals surface area contributed by atoms with Gasteiger partial charge in [-0.25, -0.2) is 4.99 Å². The third-order valence-corrected chi connectivity index (χ3v) is 6.24. The number of para-hydroxylation sites is 2. The van der Waals surface area contributed by atoms with Crippen LogP contribution in [0.1, 0.15) is 23.1 Å². The molecule has 4 rings (SSSR count). The Hall–Kier alpha value is -3.38. The molecule has 3 aromatic carbocycles. The van der Waals surface area contributed by atoms with Gasteiger partial charge in [0.2, 0.25) is 5.91 Å². The van der Waals surface area contributed by atoms with Crippen LogP contribution in [0.4, 0.5) is 17.1 Å². The van der Waals surface area contributed by atoms with E-state index in [2.05, 4.69) is 12.2 Å². The highest BCUT2D eigenvalue weighted by Crippen LogP contribution is 2.33. The molecule has 0 unspecified atom stereocenters. The first kappa shape index (κ1) is 21.8. The summed E-state index contributed by atoms with van der Waals surface area (Å²) in [6, 6.07) is 21.6. The van der Waals surface area contributed by atoms with Crippen LogP contribution in [0.2, 0.25) is 0 Å². The van der Waals surface area contributed by atoms with Crippen LogP contribution in [0.15, 0.2) is 76.7 Å². The number of rotatable bonds is 5. The Morgan fingerprint density at radius 1 is 0.969 bits per heavy atom. The predicted octanol–water partition coefficient (Wildman–Crippen LogP) is 6.24. The average Bonchev–Trinajstić information content (AvgIpc) is 2.99. The van der Waals surface area contributed by atoms with E-state index in [4.69, 9.17) is 14.7 Å². The number of nitrogens with one attached hydrogen (secondary N) is 1. The fourth-order valence-electron chi connectivity index (χ4n) is 3.37. The van der Waals surface area contributed by atoms with Gasteiger partial charge in [-0.3, -0.25) is 9.79 Å². The summed E-state index contributed by atoms with van der Waals surface area (Å²) in [5, 5.41) is 3.83. The summed E-state index contributed by atoms with van der Waals surface area (Å²) in [7, 11) is 1.65. The molecule has 0 saturated heterocycles. The van der Waals surface area contributed by atoms with Crippen LogP contribution >= 0.6 is 11.8 Å². The first-order valence-electron chi connectivity index (χ1n) is 10.4. The summed E-state index contributed by atoms with van der Waals surface area (Å²) in [4.78, 5) is 22.3. The van der Waals surface area contributed by atoms with Crippen LogP contribution in [0.3, 0.4) is 0 Å². The van der Waals surface area contributed by atoms with E-state index in [0.717, 1.165) is 44.7 Å². The van der Waals surface area contributed by atoms with Crippen LogP contribution in [-0.4, -0.2) is 29.5 Å². The Bertz CT molecular complexity index is 1220. The van der Waals surface area contributed by atoms with Crippen molar-refractivity contribution in [1.29, 1.82) is 0 Å². The lowest BCUT2D eigenvalue weighted by Crippen LogP contribution is -2.16. The number of ether oxygens (including phenoxy) is 1. The van der Waals surface area contributed by atoms with Gasteiger partial charge in [-0.2, -0.15) is 0 Å². The number of nitrogens with zero attached hydrogens (tertiary/aromatic N) is 2. The summed E-state index contributed by atoms with van der Waals surface area (Å²) in [6.45, 7) is 4.09. The molecule has 32 heavy (non-hydrogen) atoms. The zero-order valence-corrected chi connectivity index (χ0v) is 19.2. The van der Waals surface area contributed by atoms with Crippen molar-refractivity contribution in [2.45, 2.75) is 20.3 Å². The highest BCUT2D eigenvalue weighted by atomic mass is 32.2. The highest BCUT2D eigenvalue weighted by Gasteiger charge is 2.17. The predicted molar refractivity (Wildman–Crippen MR) is 134 cm³/mol. The maximum atomic E-state index is 12.6. The number of anilines is 1. The molecule has 0 atom stereocenters. The van der Waals surface area contributed by atoms with E-state index in [1.165, 1.54) is 17.3 Å². The van der Waals surface area contributed by atoms with E-state index < -0.39 is 0 Å². The van der Waals surface area contributed by atoms with Gasteiger partial charge < -0.3 is 10.1 Å². The van der Waals surface area contributed by atoms with Crippen molar-refractivity contribution in [2.24, 2.45) is 9.98 Å². The summed E-state index contributed by atoms with van der Waals surface area (Å²) >= 11 is 1.44. The van der Waals surface area contributed by atoms with Crippen LogP contribution in [0, 0.1) is 13.8 Å². The van der Waals surface area contributed by atoms with Gasteiger partial charge >= 0.3 is 0 Å². The molecule has 0 bridgehead atoms. The van der Waals surface area contributed by atoms with Gasteiger partial charge in [0.25, 0.3) is 0 Å². The summed E-state index contributed by atoms with van der Waals surface area (Å²) in [5.41, 5.74) is 6.67. The highest BCUT2D eigenvalue weighted by molar-refractivity contribution is 8.14. The Labute approximate surface area is 192 Å². The number of benzene rings is 3. The van der Waals surface area contributed by atoms with E-state index >= 15 is 0 Å². The van der Waals surface area contributed by atoms with E-state index in [1.54, 1.807) is 7.11 Å². The fraction of sp³-hybridized carbons (Fsp3) is 0.192. The third-order valence-electron chi connectivity index (χ3n) is 5.26. The molecule has 0 aromatic heterocycles. The summed E-state index contributed by atoms with van der Waals surface area (Å²) in [6.07, 6.45) is 0.545. The molecule has 3 aromatic rings. The monoisotopic (exact) mass is 443 g/mol. The van der Waals surface area contributed by atoms with Crippen molar-refractivity contribution >= 4 is 45.5 Å². The zero-order chi connectivity index (χ0) is 22.5. The molecule has 6 heteroatoms. The molecule has 0 radical (unpaired) electrons. The SMILES string of the molecule is COc1cccc(C2=Nc3ccccc3N=C(SCC(=O)Nc3ccc(C)c(C)c3)C2)c1. The lowest BCUT2D eigenvalue weighted by atomic mass is 10.1. The maximum Gasteiger partial charge on any atom is 0.234 e. The van der Waals surface area contributed by atoms with Crippen LogP contribution < -0.4 is 10.1 Å². The van der Waals surface area contributed by atoms with Gasteiger partial charge in [0.05, 0.1) is 35.0 Å². The Morgan fingerprint density at radius 2 is 1.75 bits per heavy atom. The van der Waals surface area contributed by atoms with Crippen molar-refractivity contribution in [3.05, 3.63) is 83.4 Å². The Kier molecular flexibility index (Phi) is 6.71. The van der Waals surface area contributed by atoms with Gasteiger partial charge in [-0.05, 0) is 61.4 Å². The minimum Gasteiger partial charge on any atom is -0.497 e. The Morgan fingerprint density at radius 3 is 2.50 bits per heavy atom. The second-order valence-corrected chi connectivity index (χ2v) is 8.65. The minimum atomic E-state index is -0.0571. The number of methoxy groups -OCH3 is 1. The van der Waals surface area contributed by atoms with E-state index in [1.807, 2.05) is 73.7 Å². The van der Waals surface area contributed by atoms with E-state index in [0.29, 0.717) is 6.42 Å². The number of aryl methyl sites for hydroxylation is 2. The second-order valence-electron chi connectivity index (χ2n) is 7.60.